The van der Waals surface area contributed by atoms with Crippen molar-refractivity contribution < 1.29 is 4.79 Å². The van der Waals surface area contributed by atoms with Gasteiger partial charge in [0.1, 0.15) is 18.4 Å². The van der Waals surface area contributed by atoms with Crippen LogP contribution in [0.5, 0.6) is 0 Å². The predicted octanol–water partition coefficient (Wildman–Crippen LogP) is 2.12. The first-order valence-electron chi connectivity index (χ1n) is 6.86. The molecular weight excluding hydrogens is 300 g/mol. The van der Waals surface area contributed by atoms with Crippen LogP contribution in [0.1, 0.15) is 16.0 Å². The normalized spacial score (nSPS) is 11.0. The van der Waals surface area contributed by atoms with Crippen molar-refractivity contribution in [1.82, 2.24) is 14.2 Å². The molecule has 0 fully saturated rings. The van der Waals surface area contributed by atoms with E-state index < -0.39 is 0 Å². The summed E-state index contributed by atoms with van der Waals surface area (Å²) in [5.74, 6) is -0.232. The molecule has 0 unspecified atom stereocenters. The van der Waals surface area contributed by atoms with Gasteiger partial charge >= 0.3 is 0 Å². The second-order valence-electron chi connectivity index (χ2n) is 5.19. The largest absolute Gasteiger partial charge is 0.316 e. The zero-order chi connectivity index (χ0) is 15.9. The van der Waals surface area contributed by atoms with E-state index in [1.54, 1.807) is 29.7 Å². The van der Waals surface area contributed by atoms with E-state index in [0.29, 0.717) is 5.52 Å². The molecule has 114 valence electrons. The first-order valence-corrected chi connectivity index (χ1v) is 7.68. The summed E-state index contributed by atoms with van der Waals surface area (Å²) in [5.41, 5.74) is 2.48. The lowest BCUT2D eigenvalue weighted by molar-refractivity contribution is -0.116. The molecule has 3 aromatic rings. The van der Waals surface area contributed by atoms with Crippen LogP contribution in [0.4, 0.5) is 5.00 Å². The quantitative estimate of drug-likeness (QED) is 0.805. The van der Waals surface area contributed by atoms with Gasteiger partial charge in [0.25, 0.3) is 5.56 Å². The number of carbonyl (C=O) groups is 1. The number of anilines is 1. The molecule has 0 saturated heterocycles. The van der Waals surface area contributed by atoms with Gasteiger partial charge in [0.15, 0.2) is 0 Å². The van der Waals surface area contributed by atoms with E-state index in [1.165, 1.54) is 25.9 Å². The molecule has 0 bridgehead atoms. The number of aromatic nitrogens is 3. The topological polar surface area (TPSA) is 68.4 Å². The molecule has 0 aliphatic carbocycles. The van der Waals surface area contributed by atoms with Crippen LogP contribution in [-0.4, -0.2) is 20.1 Å². The van der Waals surface area contributed by atoms with E-state index in [1.807, 2.05) is 20.8 Å². The third-order valence-corrected chi connectivity index (χ3v) is 5.00. The highest BCUT2D eigenvalue weighted by Crippen LogP contribution is 2.31. The van der Waals surface area contributed by atoms with Crippen LogP contribution in [0.25, 0.3) is 5.52 Å². The van der Waals surface area contributed by atoms with Gasteiger partial charge in [-0.3, -0.25) is 14.2 Å². The van der Waals surface area contributed by atoms with E-state index in [4.69, 9.17) is 0 Å². The predicted molar refractivity (Wildman–Crippen MR) is 86.6 cm³/mol. The molecule has 0 aliphatic heterocycles. The molecule has 0 saturated carbocycles. The van der Waals surface area contributed by atoms with Gasteiger partial charge in [0, 0.05) is 11.1 Å². The molecule has 0 radical (unpaired) electrons. The van der Waals surface area contributed by atoms with Crippen LogP contribution in [0.2, 0.25) is 0 Å². The van der Waals surface area contributed by atoms with Crippen LogP contribution in [0, 0.1) is 20.8 Å². The highest BCUT2D eigenvalue weighted by molar-refractivity contribution is 7.16. The second-order valence-corrected chi connectivity index (χ2v) is 6.41. The monoisotopic (exact) mass is 316 g/mol. The zero-order valence-corrected chi connectivity index (χ0v) is 13.4. The summed E-state index contributed by atoms with van der Waals surface area (Å²) in [6.07, 6.45) is 3.08. The summed E-state index contributed by atoms with van der Waals surface area (Å²) in [6, 6.07) is 3.43. The maximum atomic E-state index is 12.2. The molecule has 3 rings (SSSR count). The first kappa shape index (κ1) is 14.5. The Kier molecular flexibility index (Phi) is 3.58. The molecule has 3 aromatic heterocycles. The summed E-state index contributed by atoms with van der Waals surface area (Å²) >= 11 is 1.55. The lowest BCUT2D eigenvalue weighted by Gasteiger charge is -2.07. The smallest absolute Gasteiger partial charge is 0.278 e. The van der Waals surface area contributed by atoms with Crippen molar-refractivity contribution in [2.75, 3.05) is 5.32 Å². The maximum absolute atomic E-state index is 12.2. The average molecular weight is 316 g/mol. The average Bonchev–Trinajstić information content (AvgIpc) is 3.04. The van der Waals surface area contributed by atoms with Crippen molar-refractivity contribution in [1.29, 1.82) is 0 Å². The minimum absolute atomic E-state index is 0.0526. The van der Waals surface area contributed by atoms with E-state index in [-0.39, 0.29) is 18.0 Å². The Morgan fingerprint density at radius 3 is 2.77 bits per heavy atom. The number of thiophene rings is 1. The lowest BCUT2D eigenvalue weighted by Crippen LogP contribution is -2.28. The minimum Gasteiger partial charge on any atom is -0.316 e. The Labute approximate surface area is 131 Å². The molecule has 7 heteroatoms. The van der Waals surface area contributed by atoms with Crippen LogP contribution in [0.15, 0.2) is 29.5 Å². The maximum Gasteiger partial charge on any atom is 0.278 e. The van der Waals surface area contributed by atoms with Gasteiger partial charge in [-0.15, -0.1) is 11.3 Å². The van der Waals surface area contributed by atoms with Crippen molar-refractivity contribution in [3.63, 3.8) is 0 Å². The zero-order valence-electron chi connectivity index (χ0n) is 12.6. The molecule has 1 N–H and O–H groups in total. The Morgan fingerprint density at radius 2 is 2.09 bits per heavy atom. The number of carbonyl (C=O) groups excluding carboxylic acids is 1. The number of nitrogens with zero attached hydrogens (tertiary/aromatic N) is 3. The summed E-state index contributed by atoms with van der Waals surface area (Å²) in [5, 5.41) is 7.81. The number of hydrogen-bond acceptors (Lipinski definition) is 4. The first-order chi connectivity index (χ1) is 10.5. The van der Waals surface area contributed by atoms with E-state index >= 15 is 0 Å². The standard InChI is InChI=1S/C15H16N4O2S/c1-9-10(2)14(22-11(9)3)17-13(20)7-18-8-16-19-6-4-5-12(19)15(18)21/h4-6,8H,7H2,1-3H3,(H,17,20). The van der Waals surface area contributed by atoms with Gasteiger partial charge < -0.3 is 5.32 Å². The van der Waals surface area contributed by atoms with Crippen LogP contribution in [0.3, 0.4) is 0 Å². The number of amides is 1. The highest BCUT2D eigenvalue weighted by atomic mass is 32.1. The molecule has 0 spiro atoms. The van der Waals surface area contributed by atoms with Crippen LogP contribution < -0.4 is 10.9 Å². The van der Waals surface area contributed by atoms with E-state index in [9.17, 15) is 9.59 Å². The molecule has 3 heterocycles. The van der Waals surface area contributed by atoms with Crippen molar-refractivity contribution in [3.05, 3.63) is 51.0 Å². The van der Waals surface area contributed by atoms with Crippen molar-refractivity contribution >= 4 is 27.8 Å². The van der Waals surface area contributed by atoms with Crippen molar-refractivity contribution in [2.24, 2.45) is 0 Å². The third kappa shape index (κ3) is 2.43. The molecular formula is C15H16N4O2S. The Balaban J connectivity index is 1.82. The molecule has 0 aliphatic rings. The molecule has 0 aromatic carbocycles. The fourth-order valence-electron chi connectivity index (χ4n) is 2.25. The number of hydrogen-bond donors (Lipinski definition) is 1. The van der Waals surface area contributed by atoms with Gasteiger partial charge in [-0.1, -0.05) is 0 Å². The molecule has 6 nitrogen and oxygen atoms in total. The number of fused-ring (bicyclic) bond motifs is 1. The molecule has 0 atom stereocenters. The SMILES string of the molecule is Cc1sc(NC(=O)Cn2cnn3cccc3c2=O)c(C)c1C. The van der Waals surface area contributed by atoms with Gasteiger partial charge in [-0.25, -0.2) is 4.52 Å². The van der Waals surface area contributed by atoms with Crippen molar-refractivity contribution in [3.8, 4) is 0 Å². The Hall–Kier alpha value is -2.41. The fourth-order valence-corrected chi connectivity index (χ4v) is 3.34. The lowest BCUT2D eigenvalue weighted by atomic mass is 10.2. The number of aryl methyl sites for hydroxylation is 1. The summed E-state index contributed by atoms with van der Waals surface area (Å²) in [4.78, 5) is 25.6. The molecule has 22 heavy (non-hydrogen) atoms. The highest BCUT2D eigenvalue weighted by Gasteiger charge is 2.13. The van der Waals surface area contributed by atoms with Crippen molar-refractivity contribution in [2.45, 2.75) is 27.3 Å². The third-order valence-electron chi connectivity index (χ3n) is 3.78. The van der Waals surface area contributed by atoms with E-state index in [2.05, 4.69) is 10.4 Å². The Bertz CT molecular complexity index is 919. The minimum atomic E-state index is -0.232. The second kappa shape index (κ2) is 5.42. The van der Waals surface area contributed by atoms with Gasteiger partial charge in [0.05, 0.1) is 5.00 Å². The summed E-state index contributed by atoms with van der Waals surface area (Å²) in [7, 11) is 0. The van der Waals surface area contributed by atoms with Gasteiger partial charge in [-0.05, 0) is 44.0 Å². The number of rotatable bonds is 3. The van der Waals surface area contributed by atoms with Crippen LogP contribution in [-0.2, 0) is 11.3 Å². The van der Waals surface area contributed by atoms with E-state index in [0.717, 1.165) is 10.6 Å². The summed E-state index contributed by atoms with van der Waals surface area (Å²) in [6.45, 7) is 5.99. The number of nitrogens with one attached hydrogen (secondary N) is 1. The fraction of sp³-hybridized carbons (Fsp3) is 0.267. The molecule has 1 amide bonds. The Morgan fingerprint density at radius 1 is 1.32 bits per heavy atom. The summed E-state index contributed by atoms with van der Waals surface area (Å²) < 4.78 is 2.81. The van der Waals surface area contributed by atoms with Crippen LogP contribution >= 0.6 is 11.3 Å². The van der Waals surface area contributed by atoms with Gasteiger partial charge in [-0.2, -0.15) is 5.10 Å². The van der Waals surface area contributed by atoms with Gasteiger partial charge in [0.2, 0.25) is 5.91 Å².